The number of nitrogens with zero attached hydrogens (tertiary/aromatic N) is 4. The minimum Gasteiger partial charge on any atom is -0.497 e. The van der Waals surface area contributed by atoms with E-state index in [2.05, 4.69) is 19.9 Å². The van der Waals surface area contributed by atoms with Crippen molar-refractivity contribution < 1.29 is 9.15 Å². The summed E-state index contributed by atoms with van der Waals surface area (Å²) >= 11 is 0. The minimum atomic E-state index is 0.684. The van der Waals surface area contributed by atoms with Crippen molar-refractivity contribution in [2.75, 3.05) is 7.11 Å². The number of ether oxygens (including phenoxy) is 1. The first-order valence-corrected chi connectivity index (χ1v) is 9.40. The molecule has 0 unspecified atom stereocenters. The molecule has 1 aromatic carbocycles. The van der Waals surface area contributed by atoms with Crippen molar-refractivity contribution >= 4 is 0 Å². The Kier molecular flexibility index (Phi) is 5.92. The molecule has 29 heavy (non-hydrogen) atoms. The van der Waals surface area contributed by atoms with Gasteiger partial charge in [0.1, 0.15) is 11.5 Å². The Labute approximate surface area is 169 Å². The van der Waals surface area contributed by atoms with Crippen molar-refractivity contribution in [1.29, 1.82) is 0 Å². The lowest BCUT2D eigenvalue weighted by molar-refractivity contribution is 0.224. The summed E-state index contributed by atoms with van der Waals surface area (Å²) in [5, 5.41) is 0. The molecule has 0 spiro atoms. The summed E-state index contributed by atoms with van der Waals surface area (Å²) in [6.45, 7) is 2.09. The molecule has 146 valence electrons. The molecule has 3 heterocycles. The maximum Gasteiger partial charge on any atom is 0.159 e. The number of methoxy groups -OCH3 is 1. The van der Waals surface area contributed by atoms with Crippen molar-refractivity contribution in [3.05, 3.63) is 96.5 Å². The Bertz CT molecular complexity index is 1000. The van der Waals surface area contributed by atoms with Crippen molar-refractivity contribution in [3.63, 3.8) is 0 Å². The van der Waals surface area contributed by atoms with Crippen LogP contribution < -0.4 is 4.74 Å². The van der Waals surface area contributed by atoms with E-state index in [1.54, 1.807) is 13.4 Å². The summed E-state index contributed by atoms with van der Waals surface area (Å²) in [6, 6.07) is 17.6. The maximum atomic E-state index is 5.53. The quantitative estimate of drug-likeness (QED) is 0.449. The number of hydrogen-bond donors (Lipinski definition) is 0. The molecule has 0 N–H and O–H groups in total. The molecular formula is C23H22N4O2. The molecule has 0 saturated heterocycles. The van der Waals surface area contributed by atoms with Gasteiger partial charge in [0.05, 0.1) is 25.6 Å². The van der Waals surface area contributed by atoms with Gasteiger partial charge in [0, 0.05) is 42.8 Å². The largest absolute Gasteiger partial charge is 0.497 e. The molecule has 0 atom stereocenters. The standard InChI is InChI=1S/C23H22N4O2/c1-28-21-9-7-19(8-10-21)23-25-13-18(14-26-23)15-27(17-22-6-4-12-29-22)16-20-5-2-3-11-24-20/h2-14H,15-17H2,1H3. The van der Waals surface area contributed by atoms with Crippen LogP contribution in [0.2, 0.25) is 0 Å². The van der Waals surface area contributed by atoms with Crippen LogP contribution in [0.25, 0.3) is 11.4 Å². The highest BCUT2D eigenvalue weighted by Gasteiger charge is 2.12. The average Bonchev–Trinajstić information content (AvgIpc) is 3.28. The molecule has 0 radical (unpaired) electrons. The number of pyridine rings is 1. The molecule has 4 aromatic rings. The highest BCUT2D eigenvalue weighted by Crippen LogP contribution is 2.19. The van der Waals surface area contributed by atoms with Crippen LogP contribution in [0, 0.1) is 0 Å². The third-order valence-electron chi connectivity index (χ3n) is 4.53. The van der Waals surface area contributed by atoms with Crippen molar-refractivity contribution in [3.8, 4) is 17.1 Å². The Morgan fingerprint density at radius 2 is 1.69 bits per heavy atom. The van der Waals surface area contributed by atoms with Gasteiger partial charge in [-0.25, -0.2) is 9.97 Å². The lowest BCUT2D eigenvalue weighted by Crippen LogP contribution is -2.23. The van der Waals surface area contributed by atoms with E-state index >= 15 is 0 Å². The minimum absolute atomic E-state index is 0.684. The second kappa shape index (κ2) is 9.12. The van der Waals surface area contributed by atoms with Gasteiger partial charge in [-0.05, 0) is 48.5 Å². The maximum absolute atomic E-state index is 5.53. The number of rotatable bonds is 8. The molecule has 0 saturated carbocycles. The summed E-state index contributed by atoms with van der Waals surface area (Å²) in [4.78, 5) is 15.8. The van der Waals surface area contributed by atoms with Gasteiger partial charge in [0.2, 0.25) is 0 Å². The zero-order chi connectivity index (χ0) is 19.9. The van der Waals surface area contributed by atoms with Crippen LogP contribution in [0.5, 0.6) is 5.75 Å². The highest BCUT2D eigenvalue weighted by molar-refractivity contribution is 5.55. The van der Waals surface area contributed by atoms with Crippen molar-refractivity contribution in [2.24, 2.45) is 0 Å². The van der Waals surface area contributed by atoms with Gasteiger partial charge >= 0.3 is 0 Å². The van der Waals surface area contributed by atoms with Crippen molar-refractivity contribution in [1.82, 2.24) is 19.9 Å². The number of benzene rings is 1. The van der Waals surface area contributed by atoms with Gasteiger partial charge in [-0.1, -0.05) is 6.07 Å². The number of furan rings is 1. The summed E-state index contributed by atoms with van der Waals surface area (Å²) in [5.74, 6) is 2.42. The molecule has 0 fully saturated rings. The molecule has 0 aliphatic heterocycles. The summed E-state index contributed by atoms with van der Waals surface area (Å²) in [6.07, 6.45) is 7.26. The number of hydrogen-bond acceptors (Lipinski definition) is 6. The van der Waals surface area contributed by atoms with E-state index in [4.69, 9.17) is 9.15 Å². The summed E-state index contributed by atoms with van der Waals surface area (Å²) < 4.78 is 10.7. The molecule has 0 aliphatic rings. The molecule has 4 rings (SSSR count). The van der Waals surface area contributed by atoms with Gasteiger partial charge in [0.25, 0.3) is 0 Å². The molecule has 0 amide bonds. The fraction of sp³-hybridized carbons (Fsp3) is 0.174. The van der Waals surface area contributed by atoms with E-state index in [1.165, 1.54) is 0 Å². The highest BCUT2D eigenvalue weighted by atomic mass is 16.5. The van der Waals surface area contributed by atoms with Crippen molar-refractivity contribution in [2.45, 2.75) is 19.6 Å². The summed E-state index contributed by atoms with van der Waals surface area (Å²) in [7, 11) is 1.65. The van der Waals surface area contributed by atoms with E-state index in [0.29, 0.717) is 25.5 Å². The average molecular weight is 386 g/mol. The first kappa shape index (κ1) is 18.8. The first-order valence-electron chi connectivity index (χ1n) is 9.40. The second-order valence-corrected chi connectivity index (χ2v) is 6.69. The van der Waals surface area contributed by atoms with Gasteiger partial charge in [-0.2, -0.15) is 0 Å². The second-order valence-electron chi connectivity index (χ2n) is 6.69. The molecule has 6 nitrogen and oxygen atoms in total. The topological polar surface area (TPSA) is 64.3 Å². The van der Waals surface area contributed by atoms with Gasteiger partial charge in [-0.15, -0.1) is 0 Å². The predicted octanol–water partition coefficient (Wildman–Crippen LogP) is 4.34. The van der Waals surface area contributed by atoms with Crippen LogP contribution in [-0.4, -0.2) is 27.0 Å². The Morgan fingerprint density at radius 1 is 0.862 bits per heavy atom. The normalized spacial score (nSPS) is 11.0. The van der Waals surface area contributed by atoms with Crippen LogP contribution in [0.15, 0.2) is 83.9 Å². The molecule has 0 bridgehead atoms. The van der Waals surface area contributed by atoms with Crippen LogP contribution >= 0.6 is 0 Å². The lowest BCUT2D eigenvalue weighted by atomic mass is 10.2. The Morgan fingerprint density at radius 3 is 2.34 bits per heavy atom. The fourth-order valence-electron chi connectivity index (χ4n) is 3.10. The summed E-state index contributed by atoms with van der Waals surface area (Å²) in [5.41, 5.74) is 3.00. The predicted molar refractivity (Wildman–Crippen MR) is 110 cm³/mol. The van der Waals surface area contributed by atoms with Crippen LogP contribution in [0.1, 0.15) is 17.0 Å². The molecular weight excluding hydrogens is 364 g/mol. The van der Waals surface area contributed by atoms with Gasteiger partial charge in [-0.3, -0.25) is 9.88 Å². The monoisotopic (exact) mass is 386 g/mol. The van der Waals surface area contributed by atoms with Crippen LogP contribution in [-0.2, 0) is 19.6 Å². The van der Waals surface area contributed by atoms with Gasteiger partial charge < -0.3 is 9.15 Å². The number of aromatic nitrogens is 3. The molecule has 6 heteroatoms. The van der Waals surface area contributed by atoms with E-state index in [1.807, 2.05) is 73.2 Å². The third-order valence-corrected chi connectivity index (χ3v) is 4.53. The zero-order valence-corrected chi connectivity index (χ0v) is 16.2. The first-order chi connectivity index (χ1) is 14.3. The smallest absolute Gasteiger partial charge is 0.159 e. The van der Waals surface area contributed by atoms with Gasteiger partial charge in [0.15, 0.2) is 5.82 Å². The zero-order valence-electron chi connectivity index (χ0n) is 16.2. The Balaban J connectivity index is 1.48. The molecule has 3 aromatic heterocycles. The SMILES string of the molecule is COc1ccc(-c2ncc(CN(Cc3ccccn3)Cc3ccco3)cn2)cc1. The Hall–Kier alpha value is -3.51. The van der Waals surface area contributed by atoms with Crippen LogP contribution in [0.4, 0.5) is 0 Å². The van der Waals surface area contributed by atoms with E-state index in [-0.39, 0.29) is 0 Å². The van der Waals surface area contributed by atoms with E-state index in [0.717, 1.165) is 28.3 Å². The lowest BCUT2D eigenvalue weighted by Gasteiger charge is -2.20. The van der Waals surface area contributed by atoms with E-state index in [9.17, 15) is 0 Å². The molecule has 0 aliphatic carbocycles. The van der Waals surface area contributed by atoms with Crippen LogP contribution in [0.3, 0.4) is 0 Å². The third kappa shape index (κ3) is 5.06. The fourth-order valence-corrected chi connectivity index (χ4v) is 3.10. The van der Waals surface area contributed by atoms with E-state index < -0.39 is 0 Å².